The maximum atomic E-state index is 13.1. The van der Waals surface area contributed by atoms with Crippen LogP contribution in [-0.4, -0.2) is 7.11 Å². The fourth-order valence-electron chi connectivity index (χ4n) is 0.833. The normalized spacial score (nSPS) is 8.77. The number of methoxy groups -OCH3 is 1. The summed E-state index contributed by atoms with van der Waals surface area (Å²) in [6, 6.07) is 3.42. The zero-order valence-corrected chi connectivity index (χ0v) is 9.67. The summed E-state index contributed by atoms with van der Waals surface area (Å²) in [7, 11) is 3.93. The highest BCUT2D eigenvalue weighted by molar-refractivity contribution is 7.27. The van der Waals surface area contributed by atoms with E-state index in [-0.39, 0.29) is 5.82 Å². The summed E-state index contributed by atoms with van der Waals surface area (Å²) >= 11 is 0. The van der Waals surface area contributed by atoms with Gasteiger partial charge in [0.1, 0.15) is 0 Å². The summed E-state index contributed by atoms with van der Waals surface area (Å²) in [5.41, 5.74) is 0.620. The molecule has 74 valence electrons. The van der Waals surface area contributed by atoms with Crippen LogP contribution in [0.4, 0.5) is 4.39 Å². The van der Waals surface area contributed by atoms with E-state index in [4.69, 9.17) is 4.74 Å². The highest BCUT2D eigenvalue weighted by Crippen LogP contribution is 2.18. The summed E-state index contributed by atoms with van der Waals surface area (Å²) in [4.78, 5) is 0. The molecule has 0 aliphatic heterocycles. The van der Waals surface area contributed by atoms with Gasteiger partial charge in [-0.05, 0) is 23.9 Å². The maximum Gasteiger partial charge on any atom is 0.168 e. The van der Waals surface area contributed by atoms with Crippen molar-refractivity contribution >= 4 is 14.5 Å². The van der Waals surface area contributed by atoms with Gasteiger partial charge in [0.05, 0.1) is 7.11 Å². The van der Waals surface area contributed by atoms with Gasteiger partial charge in [0, 0.05) is 0 Å². The predicted molar refractivity (Wildman–Crippen MR) is 58.4 cm³/mol. The molecular weight excluding hydrogens is 186 g/mol. The zero-order valence-electron chi connectivity index (χ0n) is 8.52. The van der Waals surface area contributed by atoms with E-state index in [1.54, 1.807) is 13.0 Å². The molecule has 0 aromatic heterocycles. The van der Waals surface area contributed by atoms with Crippen molar-refractivity contribution in [3.63, 3.8) is 0 Å². The van der Waals surface area contributed by atoms with E-state index < -0.39 is 0 Å². The van der Waals surface area contributed by atoms with Gasteiger partial charge in [-0.1, -0.05) is 19.9 Å². The first kappa shape index (κ1) is 12.4. The molecule has 1 aromatic rings. The number of ether oxygens (including phenoxy) is 1. The topological polar surface area (TPSA) is 9.23 Å². The van der Waals surface area contributed by atoms with Crippen molar-refractivity contribution in [2.45, 2.75) is 20.8 Å². The molecule has 0 saturated carbocycles. The molecule has 1 atom stereocenters. The first-order valence-electron chi connectivity index (χ1n) is 4.25. The van der Waals surface area contributed by atoms with Crippen LogP contribution in [0, 0.1) is 12.7 Å². The third-order valence-electron chi connectivity index (χ3n) is 1.61. The molecular formula is C10H16FOP. The molecule has 1 unspecified atom stereocenters. The van der Waals surface area contributed by atoms with E-state index in [0.717, 1.165) is 5.30 Å². The Morgan fingerprint density at radius 1 is 1.31 bits per heavy atom. The second-order valence-corrected chi connectivity index (χ2v) is 2.92. The molecule has 13 heavy (non-hydrogen) atoms. The minimum Gasteiger partial charge on any atom is -0.494 e. The predicted octanol–water partition coefficient (Wildman–Crippen LogP) is 2.67. The molecule has 0 spiro atoms. The Balaban J connectivity index is 0.000000671. The van der Waals surface area contributed by atoms with E-state index in [1.165, 1.54) is 7.11 Å². The van der Waals surface area contributed by atoms with Crippen molar-refractivity contribution in [3.05, 3.63) is 23.5 Å². The average Bonchev–Trinajstić information content (AvgIpc) is 2.18. The van der Waals surface area contributed by atoms with Gasteiger partial charge in [0.25, 0.3) is 0 Å². The van der Waals surface area contributed by atoms with Gasteiger partial charge in [-0.15, -0.1) is 9.24 Å². The first-order valence-corrected chi connectivity index (χ1v) is 4.83. The van der Waals surface area contributed by atoms with Crippen LogP contribution in [0.3, 0.4) is 0 Å². The smallest absolute Gasteiger partial charge is 0.168 e. The molecule has 0 N–H and O–H groups in total. The molecule has 0 saturated heterocycles. The maximum absolute atomic E-state index is 13.1. The molecule has 0 bridgehead atoms. The molecule has 0 fully saturated rings. The Bertz CT molecular complexity index is 274. The number of rotatable bonds is 1. The highest BCUT2D eigenvalue weighted by Gasteiger charge is 2.06. The first-order chi connectivity index (χ1) is 6.16. The summed E-state index contributed by atoms with van der Waals surface area (Å²) < 4.78 is 17.9. The second kappa shape index (κ2) is 5.93. The largest absolute Gasteiger partial charge is 0.494 e. The summed E-state index contributed by atoms with van der Waals surface area (Å²) in [5, 5.41) is 0.864. The molecule has 0 aliphatic rings. The fourth-order valence-corrected chi connectivity index (χ4v) is 1.06. The van der Waals surface area contributed by atoms with Gasteiger partial charge in [0.2, 0.25) is 0 Å². The Morgan fingerprint density at radius 2 is 1.85 bits per heavy atom. The lowest BCUT2D eigenvalue weighted by Crippen LogP contribution is -2.01. The molecule has 0 radical (unpaired) electrons. The number of hydrogen-bond donors (Lipinski definition) is 0. The van der Waals surface area contributed by atoms with Crippen molar-refractivity contribution in [1.29, 1.82) is 0 Å². The quantitative estimate of drug-likeness (QED) is 0.636. The van der Waals surface area contributed by atoms with Crippen LogP contribution in [0.5, 0.6) is 5.75 Å². The Labute approximate surface area is 81.5 Å². The van der Waals surface area contributed by atoms with Gasteiger partial charge in [-0.2, -0.15) is 0 Å². The molecule has 0 heterocycles. The van der Waals surface area contributed by atoms with E-state index in [0.29, 0.717) is 11.3 Å². The molecule has 1 rings (SSSR count). The van der Waals surface area contributed by atoms with E-state index in [2.05, 4.69) is 9.24 Å². The molecule has 1 nitrogen and oxygen atoms in total. The lowest BCUT2D eigenvalue weighted by atomic mass is 10.2. The fraction of sp³-hybridized carbons (Fsp3) is 0.400. The van der Waals surface area contributed by atoms with Gasteiger partial charge in [-0.25, -0.2) is 4.39 Å². The van der Waals surface area contributed by atoms with Crippen LogP contribution in [0.25, 0.3) is 0 Å². The van der Waals surface area contributed by atoms with Crippen LogP contribution in [0.1, 0.15) is 19.4 Å². The van der Waals surface area contributed by atoms with Gasteiger partial charge in [0.15, 0.2) is 11.6 Å². The molecule has 1 aromatic carbocycles. The van der Waals surface area contributed by atoms with Crippen LogP contribution in [0.2, 0.25) is 0 Å². The molecule has 3 heteroatoms. The zero-order chi connectivity index (χ0) is 10.4. The SMILES string of the molecule is CC.COc1ccc(P)c(C)c1F. The number of benzene rings is 1. The molecule has 0 aliphatic carbocycles. The van der Waals surface area contributed by atoms with E-state index in [1.807, 2.05) is 19.9 Å². The van der Waals surface area contributed by atoms with Gasteiger partial charge in [-0.3, -0.25) is 0 Å². The summed E-state index contributed by atoms with van der Waals surface area (Å²) in [6.45, 7) is 5.72. The number of hydrogen-bond acceptors (Lipinski definition) is 1. The van der Waals surface area contributed by atoms with Crippen molar-refractivity contribution in [2.75, 3.05) is 7.11 Å². The third kappa shape index (κ3) is 2.96. The lowest BCUT2D eigenvalue weighted by Gasteiger charge is -2.05. The summed E-state index contributed by atoms with van der Waals surface area (Å²) in [5.74, 6) is 0.0219. The minimum atomic E-state index is -0.278. The lowest BCUT2D eigenvalue weighted by molar-refractivity contribution is 0.385. The highest BCUT2D eigenvalue weighted by atomic mass is 31.0. The van der Waals surface area contributed by atoms with Gasteiger partial charge >= 0.3 is 0 Å². The Hall–Kier alpha value is -0.620. The van der Waals surface area contributed by atoms with Crippen LogP contribution >= 0.6 is 9.24 Å². The van der Waals surface area contributed by atoms with Crippen LogP contribution in [-0.2, 0) is 0 Å². The van der Waals surface area contributed by atoms with Crippen molar-refractivity contribution < 1.29 is 9.13 Å². The standard InChI is InChI=1S/C8H10FOP.C2H6/c1-5-7(11)4-3-6(10-2)8(5)9;1-2/h3-4H,11H2,1-2H3;1-2H3. The van der Waals surface area contributed by atoms with E-state index in [9.17, 15) is 4.39 Å². The van der Waals surface area contributed by atoms with Crippen LogP contribution in [0.15, 0.2) is 12.1 Å². The second-order valence-electron chi connectivity index (χ2n) is 2.30. The Kier molecular flexibility index (Phi) is 5.65. The van der Waals surface area contributed by atoms with Crippen molar-refractivity contribution in [1.82, 2.24) is 0 Å². The third-order valence-corrected chi connectivity index (χ3v) is 2.24. The Morgan fingerprint density at radius 3 is 2.31 bits per heavy atom. The molecule has 0 amide bonds. The minimum absolute atomic E-state index is 0.278. The number of halogens is 1. The van der Waals surface area contributed by atoms with Gasteiger partial charge < -0.3 is 4.74 Å². The monoisotopic (exact) mass is 202 g/mol. The van der Waals surface area contributed by atoms with Crippen molar-refractivity contribution in [2.24, 2.45) is 0 Å². The van der Waals surface area contributed by atoms with Crippen molar-refractivity contribution in [3.8, 4) is 5.75 Å². The average molecular weight is 202 g/mol. The van der Waals surface area contributed by atoms with Crippen LogP contribution < -0.4 is 10.0 Å². The summed E-state index contributed by atoms with van der Waals surface area (Å²) in [6.07, 6.45) is 0. The van der Waals surface area contributed by atoms with E-state index >= 15 is 0 Å².